The number of rotatable bonds is 4. The van der Waals surface area contributed by atoms with Gasteiger partial charge in [0.05, 0.1) is 19.3 Å². The van der Waals surface area contributed by atoms with Crippen LogP contribution in [0.5, 0.6) is 11.5 Å². The highest BCUT2D eigenvalue weighted by Crippen LogP contribution is 2.29. The predicted octanol–water partition coefficient (Wildman–Crippen LogP) is 2.08. The molecule has 5 nitrogen and oxygen atoms in total. The van der Waals surface area contributed by atoms with Crippen molar-refractivity contribution >= 4 is 5.91 Å². The molecule has 0 radical (unpaired) electrons. The van der Waals surface area contributed by atoms with Crippen molar-refractivity contribution < 1.29 is 19.4 Å². The summed E-state index contributed by atoms with van der Waals surface area (Å²) in [5.41, 5.74) is -0.0755. The first-order chi connectivity index (χ1) is 9.96. The fraction of sp³-hybridized carbons (Fsp3) is 0.562. The van der Waals surface area contributed by atoms with Crippen LogP contribution in [-0.4, -0.2) is 48.3 Å². The lowest BCUT2D eigenvalue weighted by molar-refractivity contribution is -0.00203. The highest BCUT2D eigenvalue weighted by molar-refractivity contribution is 5.95. The van der Waals surface area contributed by atoms with Gasteiger partial charge in [0.25, 0.3) is 5.91 Å². The number of aliphatic hydroxyl groups is 1. The molecule has 0 bridgehead atoms. The fourth-order valence-electron chi connectivity index (χ4n) is 2.45. The van der Waals surface area contributed by atoms with Gasteiger partial charge in [0.1, 0.15) is 0 Å². The van der Waals surface area contributed by atoms with Crippen LogP contribution in [0.4, 0.5) is 0 Å². The Morgan fingerprint density at radius 3 is 2.57 bits per heavy atom. The number of nitrogens with zero attached hydrogens (tertiary/aromatic N) is 1. The molecule has 1 saturated heterocycles. The Balaban J connectivity index is 2.14. The van der Waals surface area contributed by atoms with E-state index in [1.165, 1.54) is 0 Å². The highest BCUT2D eigenvalue weighted by Gasteiger charge is 2.30. The summed E-state index contributed by atoms with van der Waals surface area (Å²) in [7, 11) is 1.58. The highest BCUT2D eigenvalue weighted by atomic mass is 16.5. The van der Waals surface area contributed by atoms with Crippen molar-refractivity contribution in [3.8, 4) is 11.5 Å². The third kappa shape index (κ3) is 3.67. The quantitative estimate of drug-likeness (QED) is 0.923. The van der Waals surface area contributed by atoms with E-state index in [1.54, 1.807) is 30.2 Å². The molecular formula is C16H23NO4. The molecule has 5 heteroatoms. The monoisotopic (exact) mass is 293 g/mol. The number of ether oxygens (including phenoxy) is 2. The number of piperidine rings is 1. The summed E-state index contributed by atoms with van der Waals surface area (Å²) >= 11 is 0. The summed E-state index contributed by atoms with van der Waals surface area (Å²) < 4.78 is 10.7. The van der Waals surface area contributed by atoms with E-state index < -0.39 is 5.60 Å². The van der Waals surface area contributed by atoms with Crippen molar-refractivity contribution in [2.75, 3.05) is 26.8 Å². The van der Waals surface area contributed by atoms with Crippen LogP contribution in [0.25, 0.3) is 0 Å². The molecule has 0 spiro atoms. The van der Waals surface area contributed by atoms with E-state index in [0.29, 0.717) is 49.6 Å². The van der Waals surface area contributed by atoms with Gasteiger partial charge in [-0.05, 0) is 44.9 Å². The van der Waals surface area contributed by atoms with Crippen LogP contribution in [-0.2, 0) is 0 Å². The minimum atomic E-state index is -0.660. The summed E-state index contributed by atoms with van der Waals surface area (Å²) in [6, 6.07) is 5.21. The number of benzene rings is 1. The van der Waals surface area contributed by atoms with Gasteiger partial charge in [0.15, 0.2) is 11.5 Å². The van der Waals surface area contributed by atoms with Crippen LogP contribution in [0.1, 0.15) is 37.0 Å². The van der Waals surface area contributed by atoms with Gasteiger partial charge in [-0.2, -0.15) is 0 Å². The zero-order chi connectivity index (χ0) is 15.5. The van der Waals surface area contributed by atoms with Gasteiger partial charge < -0.3 is 19.5 Å². The zero-order valence-electron chi connectivity index (χ0n) is 12.9. The lowest BCUT2D eigenvalue weighted by Gasteiger charge is -2.35. The van der Waals surface area contributed by atoms with Gasteiger partial charge in [-0.1, -0.05) is 0 Å². The SMILES string of the molecule is CCOc1cc(C(=O)N2CCC(C)(O)CC2)ccc1OC. The number of amides is 1. The molecule has 21 heavy (non-hydrogen) atoms. The Morgan fingerprint density at radius 2 is 2.00 bits per heavy atom. The molecule has 1 N–H and O–H groups in total. The number of carbonyl (C=O) groups excluding carboxylic acids is 1. The minimum Gasteiger partial charge on any atom is -0.493 e. The van der Waals surface area contributed by atoms with E-state index in [4.69, 9.17) is 9.47 Å². The van der Waals surface area contributed by atoms with Crippen LogP contribution >= 0.6 is 0 Å². The Kier molecular flexibility index (Phi) is 4.73. The Labute approximate surface area is 125 Å². The first kappa shape index (κ1) is 15.6. The molecule has 0 saturated carbocycles. The van der Waals surface area contributed by atoms with E-state index >= 15 is 0 Å². The maximum Gasteiger partial charge on any atom is 0.253 e. The predicted molar refractivity (Wildman–Crippen MR) is 79.9 cm³/mol. The lowest BCUT2D eigenvalue weighted by atomic mass is 9.93. The number of methoxy groups -OCH3 is 1. The number of likely N-dealkylation sites (tertiary alicyclic amines) is 1. The average Bonchev–Trinajstić information content (AvgIpc) is 2.47. The molecule has 1 aromatic carbocycles. The first-order valence-electron chi connectivity index (χ1n) is 7.29. The molecule has 1 aliphatic heterocycles. The zero-order valence-corrected chi connectivity index (χ0v) is 12.9. The maximum atomic E-state index is 12.5. The minimum absolute atomic E-state index is 0.0332. The second-order valence-corrected chi connectivity index (χ2v) is 5.59. The Morgan fingerprint density at radius 1 is 1.33 bits per heavy atom. The van der Waals surface area contributed by atoms with Crippen molar-refractivity contribution in [3.05, 3.63) is 23.8 Å². The summed E-state index contributed by atoms with van der Waals surface area (Å²) in [6.07, 6.45) is 1.21. The van der Waals surface area contributed by atoms with E-state index in [0.717, 1.165) is 0 Å². The van der Waals surface area contributed by atoms with E-state index in [2.05, 4.69) is 0 Å². The molecule has 1 aromatic rings. The molecule has 1 aliphatic rings. The lowest BCUT2D eigenvalue weighted by Crippen LogP contribution is -2.45. The van der Waals surface area contributed by atoms with Crippen molar-refractivity contribution in [1.82, 2.24) is 4.90 Å². The third-order valence-corrected chi connectivity index (χ3v) is 3.84. The summed E-state index contributed by atoms with van der Waals surface area (Å²) in [5, 5.41) is 9.95. The van der Waals surface area contributed by atoms with Crippen molar-refractivity contribution in [2.45, 2.75) is 32.3 Å². The summed E-state index contributed by atoms with van der Waals surface area (Å²) in [6.45, 7) is 5.36. The molecule has 1 fully saturated rings. The summed E-state index contributed by atoms with van der Waals surface area (Å²) in [4.78, 5) is 14.3. The first-order valence-corrected chi connectivity index (χ1v) is 7.29. The van der Waals surface area contributed by atoms with Crippen LogP contribution < -0.4 is 9.47 Å². The van der Waals surface area contributed by atoms with Gasteiger partial charge in [0, 0.05) is 18.7 Å². The van der Waals surface area contributed by atoms with Gasteiger partial charge >= 0.3 is 0 Å². The van der Waals surface area contributed by atoms with Crippen LogP contribution in [0.15, 0.2) is 18.2 Å². The van der Waals surface area contributed by atoms with Crippen LogP contribution in [0.3, 0.4) is 0 Å². The largest absolute Gasteiger partial charge is 0.493 e. The third-order valence-electron chi connectivity index (χ3n) is 3.84. The molecule has 1 amide bonds. The van der Waals surface area contributed by atoms with Gasteiger partial charge in [-0.15, -0.1) is 0 Å². The average molecular weight is 293 g/mol. The van der Waals surface area contributed by atoms with Gasteiger partial charge in [0.2, 0.25) is 0 Å². The van der Waals surface area contributed by atoms with Crippen LogP contribution in [0, 0.1) is 0 Å². The standard InChI is InChI=1S/C16H23NO4/c1-4-21-14-11-12(5-6-13(14)20-3)15(18)17-9-7-16(2,19)8-10-17/h5-6,11,19H,4,7-10H2,1-3H3. The normalized spacial score (nSPS) is 17.4. The van der Waals surface area contributed by atoms with Crippen molar-refractivity contribution in [2.24, 2.45) is 0 Å². The maximum absolute atomic E-state index is 12.5. The Bertz CT molecular complexity index is 503. The molecule has 2 rings (SSSR count). The number of hydrogen-bond acceptors (Lipinski definition) is 4. The fourth-order valence-corrected chi connectivity index (χ4v) is 2.45. The molecule has 116 valence electrons. The molecule has 1 heterocycles. The van der Waals surface area contributed by atoms with Crippen molar-refractivity contribution in [3.63, 3.8) is 0 Å². The molecular weight excluding hydrogens is 270 g/mol. The Hall–Kier alpha value is -1.75. The van der Waals surface area contributed by atoms with E-state index in [-0.39, 0.29) is 5.91 Å². The second-order valence-electron chi connectivity index (χ2n) is 5.59. The smallest absolute Gasteiger partial charge is 0.253 e. The molecule has 0 aromatic heterocycles. The summed E-state index contributed by atoms with van der Waals surface area (Å²) in [5.74, 6) is 1.17. The number of carbonyl (C=O) groups is 1. The van der Waals surface area contributed by atoms with Crippen LogP contribution in [0.2, 0.25) is 0 Å². The van der Waals surface area contributed by atoms with Crippen molar-refractivity contribution in [1.29, 1.82) is 0 Å². The second kappa shape index (κ2) is 6.35. The number of hydrogen-bond donors (Lipinski definition) is 1. The topological polar surface area (TPSA) is 59.0 Å². The molecule has 0 atom stereocenters. The van der Waals surface area contributed by atoms with E-state index in [9.17, 15) is 9.90 Å². The molecule has 0 aliphatic carbocycles. The molecule has 0 unspecified atom stereocenters. The van der Waals surface area contributed by atoms with Gasteiger partial charge in [-0.3, -0.25) is 4.79 Å². The van der Waals surface area contributed by atoms with Gasteiger partial charge in [-0.25, -0.2) is 0 Å². The van der Waals surface area contributed by atoms with E-state index in [1.807, 2.05) is 13.8 Å².